The fraction of sp³-hybridized carbons (Fsp3) is 0.733. The van der Waals surface area contributed by atoms with Crippen molar-refractivity contribution < 1.29 is 0 Å². The molecule has 1 unspecified atom stereocenters. The fourth-order valence-electron chi connectivity index (χ4n) is 3.12. The summed E-state index contributed by atoms with van der Waals surface area (Å²) in [6.07, 6.45) is 8.53. The lowest BCUT2D eigenvalue weighted by Crippen LogP contribution is -2.21. The Labute approximate surface area is 123 Å². The summed E-state index contributed by atoms with van der Waals surface area (Å²) in [5.74, 6) is 0.994. The average Bonchev–Trinajstić information content (AvgIpc) is 2.94. The minimum atomic E-state index is 0.554. The summed E-state index contributed by atoms with van der Waals surface area (Å²) in [6.45, 7) is 5.51. The third-order valence-corrected chi connectivity index (χ3v) is 5.66. The largest absolute Gasteiger partial charge is 0.310 e. The Morgan fingerprint density at radius 3 is 2.72 bits per heavy atom. The Bertz CT molecular complexity index is 369. The molecule has 18 heavy (non-hydrogen) atoms. The molecule has 1 nitrogen and oxygen atoms in total. The lowest BCUT2D eigenvalue weighted by Gasteiger charge is -2.20. The highest BCUT2D eigenvalue weighted by molar-refractivity contribution is 9.11. The minimum absolute atomic E-state index is 0.554. The molecule has 1 aromatic rings. The van der Waals surface area contributed by atoms with Crippen LogP contribution in [0.3, 0.4) is 0 Å². The van der Waals surface area contributed by atoms with E-state index in [-0.39, 0.29) is 0 Å². The van der Waals surface area contributed by atoms with Gasteiger partial charge >= 0.3 is 0 Å². The van der Waals surface area contributed by atoms with Gasteiger partial charge in [0.05, 0.1) is 3.79 Å². The van der Waals surface area contributed by atoms with E-state index in [2.05, 4.69) is 41.2 Å². The molecule has 0 aromatic carbocycles. The van der Waals surface area contributed by atoms with E-state index in [1.54, 1.807) is 0 Å². The van der Waals surface area contributed by atoms with E-state index in [1.807, 2.05) is 11.3 Å². The monoisotopic (exact) mass is 329 g/mol. The Balaban J connectivity index is 1.96. The van der Waals surface area contributed by atoms with Gasteiger partial charge in [0.15, 0.2) is 0 Å². The molecular formula is C15H24BrNS. The van der Waals surface area contributed by atoms with Crippen molar-refractivity contribution in [2.75, 3.05) is 6.54 Å². The molecule has 0 aliphatic heterocycles. The van der Waals surface area contributed by atoms with Crippen LogP contribution in [-0.4, -0.2) is 6.54 Å². The summed E-state index contributed by atoms with van der Waals surface area (Å²) < 4.78 is 1.26. The zero-order valence-corrected chi connectivity index (χ0v) is 13.9. The normalized spacial score (nSPS) is 18.4. The van der Waals surface area contributed by atoms with Crippen LogP contribution < -0.4 is 5.32 Å². The number of rotatable bonds is 6. The molecule has 0 radical (unpaired) electrons. The summed E-state index contributed by atoms with van der Waals surface area (Å²) in [5, 5.41) is 3.66. The van der Waals surface area contributed by atoms with E-state index >= 15 is 0 Å². The number of thiophene rings is 1. The summed E-state index contributed by atoms with van der Waals surface area (Å²) in [7, 11) is 0. The van der Waals surface area contributed by atoms with Crippen molar-refractivity contribution in [3.05, 3.63) is 20.3 Å². The number of halogens is 1. The van der Waals surface area contributed by atoms with Crippen molar-refractivity contribution in [2.45, 2.75) is 58.4 Å². The second-order valence-corrected chi connectivity index (χ2v) is 8.04. The predicted molar refractivity (Wildman–Crippen MR) is 84.4 cm³/mol. The van der Waals surface area contributed by atoms with Gasteiger partial charge in [0.1, 0.15) is 0 Å². The van der Waals surface area contributed by atoms with Gasteiger partial charge in [0, 0.05) is 10.9 Å². The van der Waals surface area contributed by atoms with E-state index in [1.165, 1.54) is 52.8 Å². The number of hydrogen-bond acceptors (Lipinski definition) is 2. The first-order valence-electron chi connectivity index (χ1n) is 7.20. The van der Waals surface area contributed by atoms with E-state index in [0.717, 1.165) is 12.5 Å². The first-order chi connectivity index (χ1) is 8.70. The Hall–Kier alpha value is 0.140. The van der Waals surface area contributed by atoms with Crippen LogP contribution in [0, 0.1) is 12.8 Å². The Morgan fingerprint density at radius 2 is 2.17 bits per heavy atom. The van der Waals surface area contributed by atoms with Crippen molar-refractivity contribution in [3.63, 3.8) is 0 Å². The number of nitrogens with one attached hydrogen (secondary N) is 1. The molecule has 1 fully saturated rings. The Morgan fingerprint density at radius 1 is 1.44 bits per heavy atom. The van der Waals surface area contributed by atoms with Gasteiger partial charge in [0.25, 0.3) is 0 Å². The molecule has 102 valence electrons. The van der Waals surface area contributed by atoms with Crippen molar-refractivity contribution in [1.82, 2.24) is 5.32 Å². The first kappa shape index (κ1) is 14.5. The van der Waals surface area contributed by atoms with Gasteiger partial charge in [-0.1, -0.05) is 32.6 Å². The van der Waals surface area contributed by atoms with Gasteiger partial charge in [0.2, 0.25) is 0 Å². The number of aryl methyl sites for hydroxylation is 1. The second-order valence-electron chi connectivity index (χ2n) is 5.40. The highest BCUT2D eigenvalue weighted by atomic mass is 79.9. The molecule has 0 amide bonds. The highest BCUT2D eigenvalue weighted by Crippen LogP contribution is 2.35. The molecule has 1 aliphatic carbocycles. The zero-order valence-electron chi connectivity index (χ0n) is 11.5. The van der Waals surface area contributed by atoms with Gasteiger partial charge in [-0.05, 0) is 59.8 Å². The molecule has 0 spiro atoms. The summed E-state index contributed by atoms with van der Waals surface area (Å²) in [5.41, 5.74) is 1.51. The molecule has 1 aromatic heterocycles. The summed E-state index contributed by atoms with van der Waals surface area (Å²) in [4.78, 5) is 1.46. The lowest BCUT2D eigenvalue weighted by molar-refractivity contribution is 0.416. The molecule has 0 saturated heterocycles. The average molecular weight is 330 g/mol. The molecule has 1 N–H and O–H groups in total. The predicted octanol–water partition coefficient (Wildman–Crippen LogP) is 5.44. The van der Waals surface area contributed by atoms with E-state index < -0.39 is 0 Å². The molecule has 1 saturated carbocycles. The summed E-state index contributed by atoms with van der Waals surface area (Å²) in [6, 6.07) is 2.86. The van der Waals surface area contributed by atoms with Crippen LogP contribution in [0.5, 0.6) is 0 Å². The van der Waals surface area contributed by atoms with Crippen molar-refractivity contribution in [2.24, 2.45) is 5.92 Å². The van der Waals surface area contributed by atoms with Crippen LogP contribution in [0.1, 0.15) is 61.9 Å². The van der Waals surface area contributed by atoms with Crippen LogP contribution in [0.4, 0.5) is 0 Å². The quantitative estimate of drug-likeness (QED) is 0.732. The molecule has 1 aliphatic rings. The molecule has 0 bridgehead atoms. The van der Waals surface area contributed by atoms with Crippen molar-refractivity contribution in [3.8, 4) is 0 Å². The van der Waals surface area contributed by atoms with Crippen LogP contribution in [0.15, 0.2) is 9.85 Å². The SMILES string of the molecule is CCNC(CCC1CCCC1)c1cc(Br)sc1C. The van der Waals surface area contributed by atoms with Crippen molar-refractivity contribution in [1.29, 1.82) is 0 Å². The zero-order chi connectivity index (χ0) is 13.0. The van der Waals surface area contributed by atoms with E-state index in [9.17, 15) is 0 Å². The third kappa shape index (κ3) is 3.82. The molecule has 2 rings (SSSR count). The number of hydrogen-bond donors (Lipinski definition) is 1. The van der Waals surface area contributed by atoms with Gasteiger partial charge in [-0.3, -0.25) is 0 Å². The van der Waals surface area contributed by atoms with Crippen LogP contribution >= 0.6 is 27.3 Å². The van der Waals surface area contributed by atoms with E-state index in [0.29, 0.717) is 6.04 Å². The van der Waals surface area contributed by atoms with Gasteiger partial charge in [-0.25, -0.2) is 0 Å². The van der Waals surface area contributed by atoms with Gasteiger partial charge in [-0.15, -0.1) is 11.3 Å². The molecular weight excluding hydrogens is 306 g/mol. The lowest BCUT2D eigenvalue weighted by atomic mass is 9.95. The maximum atomic E-state index is 3.66. The highest BCUT2D eigenvalue weighted by Gasteiger charge is 2.20. The van der Waals surface area contributed by atoms with Gasteiger partial charge in [-0.2, -0.15) is 0 Å². The first-order valence-corrected chi connectivity index (χ1v) is 8.81. The second kappa shape index (κ2) is 7.06. The summed E-state index contributed by atoms with van der Waals surface area (Å²) >= 11 is 5.47. The maximum Gasteiger partial charge on any atom is 0.0704 e. The van der Waals surface area contributed by atoms with Crippen LogP contribution in [0.2, 0.25) is 0 Å². The fourth-order valence-corrected chi connectivity index (χ4v) is 4.89. The topological polar surface area (TPSA) is 12.0 Å². The van der Waals surface area contributed by atoms with Crippen LogP contribution in [-0.2, 0) is 0 Å². The maximum absolute atomic E-state index is 3.66. The van der Waals surface area contributed by atoms with Crippen LogP contribution in [0.25, 0.3) is 0 Å². The van der Waals surface area contributed by atoms with Crippen molar-refractivity contribution >= 4 is 27.3 Å². The van der Waals surface area contributed by atoms with E-state index in [4.69, 9.17) is 0 Å². The third-order valence-electron chi connectivity index (χ3n) is 4.09. The minimum Gasteiger partial charge on any atom is -0.310 e. The Kier molecular flexibility index (Phi) is 5.71. The van der Waals surface area contributed by atoms with Gasteiger partial charge < -0.3 is 5.32 Å². The smallest absolute Gasteiger partial charge is 0.0704 e. The standard InChI is InChI=1S/C15H24BrNS/c1-3-17-14(9-8-12-6-4-5-7-12)13-10-15(16)18-11(13)2/h10,12,14,17H,3-9H2,1-2H3. The molecule has 3 heteroatoms. The molecule has 1 heterocycles. The molecule has 1 atom stereocenters.